The van der Waals surface area contributed by atoms with Crippen LogP contribution in [-0.4, -0.2) is 41.4 Å². The lowest BCUT2D eigenvalue weighted by Gasteiger charge is -2.35. The van der Waals surface area contributed by atoms with Gasteiger partial charge < -0.3 is 20.5 Å². The molecule has 1 aliphatic rings. The maximum Gasteiger partial charge on any atom is 0.325 e. The quantitative estimate of drug-likeness (QED) is 0.682. The zero-order valence-corrected chi connectivity index (χ0v) is 10.4. The molecule has 0 aromatic rings. The van der Waals surface area contributed by atoms with Crippen molar-refractivity contribution >= 4 is 12.0 Å². The van der Waals surface area contributed by atoms with Crippen LogP contribution < -0.4 is 10.6 Å². The molecule has 3 N–H and O–H groups in total. The van der Waals surface area contributed by atoms with E-state index in [1.807, 2.05) is 13.8 Å². The fraction of sp³-hybridized carbons (Fsp3) is 0.818. The smallest absolute Gasteiger partial charge is 0.325 e. The Kier molecular flexibility index (Phi) is 4.34. The number of carboxylic acids is 1. The normalized spacial score (nSPS) is 24.8. The Morgan fingerprint density at radius 3 is 2.65 bits per heavy atom. The fourth-order valence-electron chi connectivity index (χ4n) is 1.84. The number of ether oxygens (including phenoxy) is 1. The van der Waals surface area contributed by atoms with E-state index in [0.717, 1.165) is 12.8 Å². The summed E-state index contributed by atoms with van der Waals surface area (Å²) in [5.41, 5.74) is -0.241. The molecule has 17 heavy (non-hydrogen) atoms. The Balaban J connectivity index is 2.38. The highest BCUT2D eigenvalue weighted by atomic mass is 16.5. The Labute approximate surface area is 101 Å². The molecule has 2 atom stereocenters. The third kappa shape index (κ3) is 4.60. The number of carbonyl (C=O) groups excluding carboxylic acids is 1. The number of nitrogens with one attached hydrogen (secondary N) is 2. The number of hydrogen-bond acceptors (Lipinski definition) is 3. The summed E-state index contributed by atoms with van der Waals surface area (Å²) in [6.45, 7) is 5.97. The minimum absolute atomic E-state index is 0.0275. The van der Waals surface area contributed by atoms with Gasteiger partial charge in [0.1, 0.15) is 6.04 Å². The van der Waals surface area contributed by atoms with Crippen LogP contribution in [0.5, 0.6) is 0 Å². The summed E-state index contributed by atoms with van der Waals surface area (Å²) in [6.07, 6.45) is 1.47. The van der Waals surface area contributed by atoms with Crippen molar-refractivity contribution in [1.82, 2.24) is 10.6 Å². The molecular weight excluding hydrogens is 224 g/mol. The lowest BCUT2D eigenvalue weighted by molar-refractivity contribution is -0.138. The van der Waals surface area contributed by atoms with Gasteiger partial charge in [0.15, 0.2) is 0 Å². The summed E-state index contributed by atoms with van der Waals surface area (Å²) < 4.78 is 5.53. The van der Waals surface area contributed by atoms with Crippen molar-refractivity contribution in [2.24, 2.45) is 0 Å². The predicted octanol–water partition coefficient (Wildman–Crippen LogP) is 0.716. The molecule has 0 aliphatic carbocycles. The highest BCUT2D eigenvalue weighted by Gasteiger charge is 2.29. The van der Waals surface area contributed by atoms with E-state index in [1.54, 1.807) is 0 Å². The summed E-state index contributed by atoms with van der Waals surface area (Å²) in [7, 11) is 0. The Bertz CT molecular complexity index is 304. The molecule has 2 unspecified atom stereocenters. The molecule has 0 saturated carbocycles. The van der Waals surface area contributed by atoms with E-state index >= 15 is 0 Å². The van der Waals surface area contributed by atoms with Crippen LogP contribution >= 0.6 is 0 Å². The molecule has 0 radical (unpaired) electrons. The molecule has 0 aromatic heterocycles. The van der Waals surface area contributed by atoms with Crippen molar-refractivity contribution in [3.8, 4) is 0 Å². The van der Waals surface area contributed by atoms with E-state index in [4.69, 9.17) is 9.84 Å². The highest BCUT2D eigenvalue weighted by molar-refractivity contribution is 5.82. The van der Waals surface area contributed by atoms with E-state index in [2.05, 4.69) is 10.6 Å². The standard InChI is InChI=1S/C11H20N2O4/c1-7(9(14)15)12-10(16)13-8-4-5-17-11(2,3)6-8/h7-8H,4-6H2,1-3H3,(H,14,15)(H2,12,13,16). The summed E-state index contributed by atoms with van der Waals surface area (Å²) in [4.78, 5) is 22.1. The molecule has 0 spiro atoms. The first-order chi connectivity index (χ1) is 7.80. The number of carboxylic acid groups (broad SMARTS) is 1. The van der Waals surface area contributed by atoms with Gasteiger partial charge in [0, 0.05) is 12.6 Å². The number of urea groups is 1. The Morgan fingerprint density at radius 2 is 2.12 bits per heavy atom. The first-order valence-electron chi connectivity index (χ1n) is 5.74. The van der Waals surface area contributed by atoms with Crippen molar-refractivity contribution in [3.63, 3.8) is 0 Å². The van der Waals surface area contributed by atoms with Crippen LogP contribution in [0.4, 0.5) is 4.79 Å². The van der Waals surface area contributed by atoms with Crippen LogP contribution in [0.25, 0.3) is 0 Å². The number of carbonyl (C=O) groups is 2. The van der Waals surface area contributed by atoms with Crippen molar-refractivity contribution in [1.29, 1.82) is 0 Å². The van der Waals surface area contributed by atoms with Gasteiger partial charge in [0.25, 0.3) is 0 Å². The van der Waals surface area contributed by atoms with E-state index in [9.17, 15) is 9.59 Å². The molecule has 98 valence electrons. The minimum Gasteiger partial charge on any atom is -0.480 e. The van der Waals surface area contributed by atoms with E-state index in [1.165, 1.54) is 6.92 Å². The molecule has 6 nitrogen and oxygen atoms in total. The molecular formula is C11H20N2O4. The monoisotopic (exact) mass is 244 g/mol. The summed E-state index contributed by atoms with van der Waals surface area (Å²) in [6, 6.07) is -1.30. The molecule has 1 saturated heterocycles. The molecule has 6 heteroatoms. The molecule has 0 aromatic carbocycles. The van der Waals surface area contributed by atoms with Crippen molar-refractivity contribution < 1.29 is 19.4 Å². The topological polar surface area (TPSA) is 87.7 Å². The van der Waals surface area contributed by atoms with Gasteiger partial charge in [-0.25, -0.2) is 4.79 Å². The number of rotatable bonds is 3. The largest absolute Gasteiger partial charge is 0.480 e. The van der Waals surface area contributed by atoms with Crippen LogP contribution in [0.1, 0.15) is 33.6 Å². The van der Waals surface area contributed by atoms with Gasteiger partial charge in [0.2, 0.25) is 0 Å². The maximum atomic E-state index is 11.5. The minimum atomic E-state index is -1.05. The second-order valence-electron chi connectivity index (χ2n) is 4.98. The predicted molar refractivity (Wildman–Crippen MR) is 61.8 cm³/mol. The van der Waals surface area contributed by atoms with Gasteiger partial charge >= 0.3 is 12.0 Å². The molecule has 1 aliphatic heterocycles. The van der Waals surface area contributed by atoms with Gasteiger partial charge in [-0.15, -0.1) is 0 Å². The Morgan fingerprint density at radius 1 is 1.47 bits per heavy atom. The second-order valence-corrected chi connectivity index (χ2v) is 4.98. The van der Waals surface area contributed by atoms with Crippen LogP contribution in [0.2, 0.25) is 0 Å². The van der Waals surface area contributed by atoms with Crippen molar-refractivity contribution in [2.45, 2.75) is 51.3 Å². The lowest BCUT2D eigenvalue weighted by Crippen LogP contribution is -2.51. The van der Waals surface area contributed by atoms with Crippen LogP contribution in [-0.2, 0) is 9.53 Å². The molecule has 1 heterocycles. The summed E-state index contributed by atoms with van der Waals surface area (Å²) >= 11 is 0. The number of amides is 2. The maximum absolute atomic E-state index is 11.5. The lowest BCUT2D eigenvalue weighted by atomic mass is 9.94. The first kappa shape index (κ1) is 13.8. The van der Waals surface area contributed by atoms with Crippen molar-refractivity contribution in [2.75, 3.05) is 6.61 Å². The van der Waals surface area contributed by atoms with Crippen LogP contribution in [0.3, 0.4) is 0 Å². The number of hydrogen-bond donors (Lipinski definition) is 3. The van der Waals surface area contributed by atoms with Crippen LogP contribution in [0, 0.1) is 0 Å². The van der Waals surface area contributed by atoms with Gasteiger partial charge in [-0.05, 0) is 33.6 Å². The Hall–Kier alpha value is -1.30. The summed E-state index contributed by atoms with van der Waals surface area (Å²) in [5, 5.41) is 13.8. The molecule has 1 fully saturated rings. The van der Waals surface area contributed by atoms with Crippen molar-refractivity contribution in [3.05, 3.63) is 0 Å². The second kappa shape index (κ2) is 5.35. The van der Waals surface area contributed by atoms with Gasteiger partial charge in [-0.3, -0.25) is 4.79 Å². The van der Waals surface area contributed by atoms with E-state index in [0.29, 0.717) is 6.61 Å². The average Bonchev–Trinajstić information content (AvgIpc) is 2.15. The summed E-state index contributed by atoms with van der Waals surface area (Å²) in [5.74, 6) is -1.05. The zero-order valence-electron chi connectivity index (χ0n) is 10.4. The zero-order chi connectivity index (χ0) is 13.1. The molecule has 1 rings (SSSR count). The average molecular weight is 244 g/mol. The number of aliphatic carboxylic acids is 1. The van der Waals surface area contributed by atoms with Gasteiger partial charge in [-0.1, -0.05) is 0 Å². The molecule has 2 amide bonds. The SMILES string of the molecule is CC(NC(=O)NC1CCOC(C)(C)C1)C(=O)O. The third-order valence-corrected chi connectivity index (χ3v) is 2.75. The van der Waals surface area contributed by atoms with Gasteiger partial charge in [0.05, 0.1) is 5.60 Å². The van der Waals surface area contributed by atoms with Gasteiger partial charge in [-0.2, -0.15) is 0 Å². The van der Waals surface area contributed by atoms with E-state index in [-0.39, 0.29) is 11.6 Å². The highest BCUT2D eigenvalue weighted by Crippen LogP contribution is 2.23. The van der Waals surface area contributed by atoms with E-state index < -0.39 is 18.0 Å². The fourth-order valence-corrected chi connectivity index (χ4v) is 1.84. The first-order valence-corrected chi connectivity index (χ1v) is 5.74. The third-order valence-electron chi connectivity index (χ3n) is 2.75. The molecule has 0 bridgehead atoms. The van der Waals surface area contributed by atoms with Crippen LogP contribution in [0.15, 0.2) is 0 Å².